The minimum Gasteiger partial charge on any atom is -0.448 e. The molecule has 0 aliphatic rings. The average molecular weight is 331 g/mol. The maximum Gasteiger partial charge on any atom is 0.280 e. The molecule has 0 aliphatic carbocycles. The molecule has 4 aromatic rings. The Hall–Kier alpha value is -3.21. The van der Waals surface area contributed by atoms with Crippen LogP contribution in [0.15, 0.2) is 76.0 Å². The molecule has 0 radical (unpaired) electrons. The van der Waals surface area contributed by atoms with Gasteiger partial charge in [0.15, 0.2) is 17.9 Å². The summed E-state index contributed by atoms with van der Waals surface area (Å²) in [6.45, 7) is 2.00. The fourth-order valence-electron chi connectivity index (χ4n) is 2.93. The fraction of sp³-hybridized carbons (Fsp3) is 0.150. The Morgan fingerprint density at radius 2 is 1.56 bits per heavy atom. The predicted octanol–water partition coefficient (Wildman–Crippen LogP) is 4.47. The summed E-state index contributed by atoms with van der Waals surface area (Å²) in [5.74, 6) is 1.64. The summed E-state index contributed by atoms with van der Waals surface area (Å²) < 4.78 is 10.9. The molecule has 0 fully saturated rings. The standard InChI is InChI=1S/C20H17N3O2/c1-2-16-18(21-13-24-16)20-22-19(23-25-20)17(14-9-5-3-6-10-14)15-11-7-4-8-12-15/h3-13,17H,2H2,1H3. The second-order valence-corrected chi connectivity index (χ2v) is 5.69. The van der Waals surface area contributed by atoms with Crippen molar-refractivity contribution in [2.45, 2.75) is 19.3 Å². The molecule has 0 atom stereocenters. The first kappa shape index (κ1) is 15.3. The average Bonchev–Trinajstić information content (AvgIpc) is 3.33. The Morgan fingerprint density at radius 1 is 0.920 bits per heavy atom. The summed E-state index contributed by atoms with van der Waals surface area (Å²) in [4.78, 5) is 8.83. The van der Waals surface area contributed by atoms with Gasteiger partial charge in [-0.15, -0.1) is 0 Å². The summed E-state index contributed by atoms with van der Waals surface area (Å²) in [5, 5.41) is 4.23. The lowest BCUT2D eigenvalue weighted by Gasteiger charge is -2.13. The number of aromatic nitrogens is 3. The first-order valence-corrected chi connectivity index (χ1v) is 8.23. The number of hydrogen-bond acceptors (Lipinski definition) is 5. The molecule has 2 aromatic carbocycles. The van der Waals surface area contributed by atoms with Gasteiger partial charge in [0.2, 0.25) is 0 Å². The topological polar surface area (TPSA) is 65.0 Å². The molecular weight excluding hydrogens is 314 g/mol. The van der Waals surface area contributed by atoms with Gasteiger partial charge in [-0.3, -0.25) is 0 Å². The number of benzene rings is 2. The molecule has 124 valence electrons. The van der Waals surface area contributed by atoms with Crippen molar-refractivity contribution >= 4 is 0 Å². The quantitative estimate of drug-likeness (QED) is 0.540. The normalized spacial score (nSPS) is 11.1. The number of aryl methyl sites for hydroxylation is 1. The van der Waals surface area contributed by atoms with E-state index in [0.29, 0.717) is 23.8 Å². The highest BCUT2D eigenvalue weighted by molar-refractivity contribution is 5.50. The zero-order valence-corrected chi connectivity index (χ0v) is 13.8. The number of nitrogens with zero attached hydrogens (tertiary/aromatic N) is 3. The van der Waals surface area contributed by atoms with E-state index >= 15 is 0 Å². The molecule has 0 aliphatic heterocycles. The molecule has 2 heterocycles. The van der Waals surface area contributed by atoms with Gasteiger partial charge < -0.3 is 8.94 Å². The van der Waals surface area contributed by atoms with Crippen molar-refractivity contribution in [2.75, 3.05) is 0 Å². The van der Waals surface area contributed by atoms with Crippen LogP contribution in [0.3, 0.4) is 0 Å². The third-order valence-corrected chi connectivity index (χ3v) is 4.13. The van der Waals surface area contributed by atoms with Gasteiger partial charge in [-0.05, 0) is 11.1 Å². The zero-order valence-electron chi connectivity index (χ0n) is 13.8. The van der Waals surface area contributed by atoms with E-state index in [1.54, 1.807) is 0 Å². The highest BCUT2D eigenvalue weighted by Crippen LogP contribution is 2.31. The van der Waals surface area contributed by atoms with E-state index in [1.165, 1.54) is 6.39 Å². The van der Waals surface area contributed by atoms with Gasteiger partial charge in [-0.2, -0.15) is 4.98 Å². The van der Waals surface area contributed by atoms with Crippen molar-refractivity contribution in [1.29, 1.82) is 0 Å². The van der Waals surface area contributed by atoms with Gasteiger partial charge in [0.25, 0.3) is 5.89 Å². The van der Waals surface area contributed by atoms with Crippen molar-refractivity contribution in [3.05, 3.63) is 89.8 Å². The summed E-state index contributed by atoms with van der Waals surface area (Å²) in [7, 11) is 0. The van der Waals surface area contributed by atoms with Crippen LogP contribution in [-0.2, 0) is 6.42 Å². The van der Waals surface area contributed by atoms with Crippen LogP contribution in [-0.4, -0.2) is 15.1 Å². The van der Waals surface area contributed by atoms with Gasteiger partial charge in [0, 0.05) is 6.42 Å². The highest BCUT2D eigenvalue weighted by atomic mass is 16.5. The van der Waals surface area contributed by atoms with Crippen LogP contribution in [0, 0.1) is 0 Å². The Balaban J connectivity index is 1.79. The van der Waals surface area contributed by atoms with Crippen LogP contribution in [0.25, 0.3) is 11.6 Å². The fourth-order valence-corrected chi connectivity index (χ4v) is 2.93. The molecule has 0 N–H and O–H groups in total. The Bertz CT molecular complexity index is 906. The third kappa shape index (κ3) is 2.96. The number of oxazole rings is 1. The Kier molecular flexibility index (Phi) is 4.12. The lowest BCUT2D eigenvalue weighted by atomic mass is 9.91. The Labute approximate surface area is 145 Å². The van der Waals surface area contributed by atoms with Crippen molar-refractivity contribution < 1.29 is 8.94 Å². The molecule has 0 saturated heterocycles. The smallest absolute Gasteiger partial charge is 0.280 e. The molecule has 0 unspecified atom stereocenters. The van der Waals surface area contributed by atoms with Gasteiger partial charge >= 0.3 is 0 Å². The number of hydrogen-bond donors (Lipinski definition) is 0. The second-order valence-electron chi connectivity index (χ2n) is 5.69. The van der Waals surface area contributed by atoms with Crippen LogP contribution < -0.4 is 0 Å². The van der Waals surface area contributed by atoms with Gasteiger partial charge in [-0.1, -0.05) is 72.7 Å². The van der Waals surface area contributed by atoms with Crippen LogP contribution in [0.5, 0.6) is 0 Å². The molecule has 5 nitrogen and oxygen atoms in total. The summed E-state index contributed by atoms with van der Waals surface area (Å²) in [5.41, 5.74) is 2.83. The summed E-state index contributed by atoms with van der Waals surface area (Å²) >= 11 is 0. The molecule has 0 spiro atoms. The highest BCUT2D eigenvalue weighted by Gasteiger charge is 2.24. The van der Waals surface area contributed by atoms with Crippen LogP contribution in [0.1, 0.15) is 35.6 Å². The van der Waals surface area contributed by atoms with Crippen molar-refractivity contribution in [1.82, 2.24) is 15.1 Å². The van der Waals surface area contributed by atoms with Crippen molar-refractivity contribution in [3.8, 4) is 11.6 Å². The van der Waals surface area contributed by atoms with E-state index in [9.17, 15) is 0 Å². The van der Waals surface area contributed by atoms with E-state index in [-0.39, 0.29) is 5.92 Å². The maximum absolute atomic E-state index is 5.49. The summed E-state index contributed by atoms with van der Waals surface area (Å²) in [6, 6.07) is 20.3. The minimum atomic E-state index is -0.100. The van der Waals surface area contributed by atoms with E-state index in [2.05, 4.69) is 39.4 Å². The predicted molar refractivity (Wildman–Crippen MR) is 93.0 cm³/mol. The first-order chi connectivity index (χ1) is 12.4. The summed E-state index contributed by atoms with van der Waals surface area (Å²) in [6.07, 6.45) is 2.12. The van der Waals surface area contributed by atoms with Crippen LogP contribution >= 0.6 is 0 Å². The second kappa shape index (κ2) is 6.73. The molecule has 5 heteroatoms. The molecule has 0 saturated carbocycles. The molecule has 2 aromatic heterocycles. The monoisotopic (exact) mass is 331 g/mol. The third-order valence-electron chi connectivity index (χ3n) is 4.13. The van der Waals surface area contributed by atoms with Gasteiger partial charge in [0.1, 0.15) is 5.76 Å². The van der Waals surface area contributed by atoms with Crippen molar-refractivity contribution in [2.24, 2.45) is 0 Å². The van der Waals surface area contributed by atoms with Crippen LogP contribution in [0.4, 0.5) is 0 Å². The Morgan fingerprint density at radius 3 is 2.16 bits per heavy atom. The van der Waals surface area contributed by atoms with E-state index in [4.69, 9.17) is 8.94 Å². The SMILES string of the molecule is CCc1ocnc1-c1nc(C(c2ccccc2)c2ccccc2)no1. The largest absolute Gasteiger partial charge is 0.448 e. The molecular formula is C20H17N3O2. The molecule has 4 rings (SSSR count). The van der Waals surface area contributed by atoms with E-state index < -0.39 is 0 Å². The van der Waals surface area contributed by atoms with Gasteiger partial charge in [-0.25, -0.2) is 4.98 Å². The zero-order chi connectivity index (χ0) is 17.1. The maximum atomic E-state index is 5.49. The van der Waals surface area contributed by atoms with E-state index in [0.717, 1.165) is 16.9 Å². The van der Waals surface area contributed by atoms with Gasteiger partial charge in [0.05, 0.1) is 5.92 Å². The van der Waals surface area contributed by atoms with Crippen molar-refractivity contribution in [3.63, 3.8) is 0 Å². The molecule has 25 heavy (non-hydrogen) atoms. The first-order valence-electron chi connectivity index (χ1n) is 8.23. The lowest BCUT2D eigenvalue weighted by Crippen LogP contribution is -2.05. The minimum absolute atomic E-state index is 0.100. The molecule has 0 bridgehead atoms. The molecule has 0 amide bonds. The van der Waals surface area contributed by atoms with Crippen LogP contribution in [0.2, 0.25) is 0 Å². The lowest BCUT2D eigenvalue weighted by molar-refractivity contribution is 0.419. The number of rotatable bonds is 5. The van der Waals surface area contributed by atoms with E-state index in [1.807, 2.05) is 43.3 Å².